The third-order valence-electron chi connectivity index (χ3n) is 3.95. The van der Waals surface area contributed by atoms with Crippen LogP contribution in [0.2, 0.25) is 5.02 Å². The molecule has 134 valence electrons. The van der Waals surface area contributed by atoms with Crippen LogP contribution in [0.25, 0.3) is 0 Å². The van der Waals surface area contributed by atoms with Crippen molar-refractivity contribution in [3.05, 3.63) is 57.4 Å². The maximum absolute atomic E-state index is 12.6. The third kappa shape index (κ3) is 4.04. The molecule has 0 amide bonds. The molecule has 0 spiro atoms. The van der Waals surface area contributed by atoms with Crippen LogP contribution < -0.4 is 5.32 Å². The molecule has 0 atom stereocenters. The van der Waals surface area contributed by atoms with E-state index in [4.69, 9.17) is 21.1 Å². The summed E-state index contributed by atoms with van der Waals surface area (Å²) in [4.78, 5) is 25.1. The first-order chi connectivity index (χ1) is 11.9. The fraction of sp³-hybridized carbons (Fsp3) is 0.368. The number of carbonyl (C=O) groups excluding carboxylic acids is 2. The summed E-state index contributed by atoms with van der Waals surface area (Å²) in [6.45, 7) is 7.57. The Hall–Kier alpha value is -2.27. The van der Waals surface area contributed by atoms with Crippen molar-refractivity contribution >= 4 is 23.5 Å². The summed E-state index contributed by atoms with van der Waals surface area (Å²) >= 11 is 5.99. The van der Waals surface area contributed by atoms with E-state index in [0.29, 0.717) is 27.6 Å². The van der Waals surface area contributed by atoms with Crippen molar-refractivity contribution in [1.82, 2.24) is 5.32 Å². The Labute approximate surface area is 152 Å². The monoisotopic (exact) mass is 363 g/mol. The summed E-state index contributed by atoms with van der Waals surface area (Å²) in [5.74, 6) is -1.49. The van der Waals surface area contributed by atoms with Crippen molar-refractivity contribution in [2.75, 3.05) is 13.2 Å². The van der Waals surface area contributed by atoms with E-state index < -0.39 is 17.9 Å². The Kier molecular flexibility index (Phi) is 6.26. The minimum absolute atomic E-state index is 0.250. The Balaban J connectivity index is 2.61. The number of benzene rings is 1. The number of hydrogen-bond acceptors (Lipinski definition) is 5. The zero-order valence-corrected chi connectivity index (χ0v) is 15.6. The normalized spacial score (nSPS) is 15.1. The summed E-state index contributed by atoms with van der Waals surface area (Å²) in [7, 11) is 0. The fourth-order valence-electron chi connectivity index (χ4n) is 2.94. The molecule has 0 saturated carbocycles. The molecule has 1 aromatic rings. The second kappa shape index (κ2) is 8.21. The summed E-state index contributed by atoms with van der Waals surface area (Å²) < 4.78 is 10.4. The molecule has 0 aromatic heterocycles. The highest BCUT2D eigenvalue weighted by atomic mass is 35.5. The van der Waals surface area contributed by atoms with E-state index in [2.05, 4.69) is 5.32 Å². The molecule has 6 heteroatoms. The van der Waals surface area contributed by atoms with Crippen LogP contribution in [-0.4, -0.2) is 25.2 Å². The Morgan fingerprint density at radius 3 is 1.80 bits per heavy atom. The number of esters is 2. The maximum atomic E-state index is 12.6. The molecular weight excluding hydrogens is 342 g/mol. The van der Waals surface area contributed by atoms with Gasteiger partial charge in [0, 0.05) is 16.4 Å². The minimum atomic E-state index is -0.573. The van der Waals surface area contributed by atoms with E-state index in [1.807, 2.05) is 0 Å². The summed E-state index contributed by atoms with van der Waals surface area (Å²) in [5, 5.41) is 3.68. The number of halogens is 1. The highest BCUT2D eigenvalue weighted by Crippen LogP contribution is 2.39. The van der Waals surface area contributed by atoms with Gasteiger partial charge in [-0.25, -0.2) is 9.59 Å². The van der Waals surface area contributed by atoms with Gasteiger partial charge in [-0.05, 0) is 45.4 Å². The van der Waals surface area contributed by atoms with Gasteiger partial charge in [0.05, 0.1) is 30.3 Å². The van der Waals surface area contributed by atoms with E-state index in [-0.39, 0.29) is 13.2 Å². The first kappa shape index (κ1) is 19.1. The number of rotatable bonds is 5. The van der Waals surface area contributed by atoms with Crippen molar-refractivity contribution in [2.24, 2.45) is 0 Å². The van der Waals surface area contributed by atoms with Crippen LogP contribution in [-0.2, 0) is 19.1 Å². The molecule has 1 aliphatic heterocycles. The smallest absolute Gasteiger partial charge is 0.336 e. The molecule has 1 aromatic carbocycles. The number of hydrogen-bond donors (Lipinski definition) is 1. The van der Waals surface area contributed by atoms with Crippen molar-refractivity contribution < 1.29 is 19.1 Å². The van der Waals surface area contributed by atoms with Gasteiger partial charge in [0.2, 0.25) is 0 Å². The standard InChI is InChI=1S/C19H22ClNO4/c1-5-24-18(22)15-11(3)21-12(4)16(19(23)25-6-2)17(15)13-7-9-14(20)10-8-13/h7-10,17,21H,5-6H2,1-4H3. The Morgan fingerprint density at radius 1 is 0.960 bits per heavy atom. The average Bonchev–Trinajstić information content (AvgIpc) is 2.55. The van der Waals surface area contributed by atoms with Crippen LogP contribution in [0, 0.1) is 0 Å². The highest BCUT2D eigenvalue weighted by Gasteiger charge is 2.37. The van der Waals surface area contributed by atoms with Crippen molar-refractivity contribution in [3.63, 3.8) is 0 Å². The van der Waals surface area contributed by atoms with Gasteiger partial charge in [0.25, 0.3) is 0 Å². The molecule has 5 nitrogen and oxygen atoms in total. The lowest BCUT2D eigenvalue weighted by atomic mass is 9.80. The predicted molar refractivity (Wildman–Crippen MR) is 96.0 cm³/mol. The maximum Gasteiger partial charge on any atom is 0.336 e. The van der Waals surface area contributed by atoms with E-state index in [1.54, 1.807) is 52.0 Å². The zero-order chi connectivity index (χ0) is 18.6. The SMILES string of the molecule is CCOC(=O)C1=C(C)NC(C)=C(C(=O)OCC)C1c1ccc(Cl)cc1. The van der Waals surface area contributed by atoms with E-state index >= 15 is 0 Å². The number of carbonyl (C=O) groups is 2. The summed E-state index contributed by atoms with van der Waals surface area (Å²) in [6, 6.07) is 7.07. The molecule has 1 aliphatic rings. The quantitative estimate of drug-likeness (QED) is 0.808. The van der Waals surface area contributed by atoms with Gasteiger partial charge in [-0.2, -0.15) is 0 Å². The zero-order valence-electron chi connectivity index (χ0n) is 14.8. The van der Waals surface area contributed by atoms with Crippen LogP contribution in [0.3, 0.4) is 0 Å². The number of dihydropyridines is 1. The summed E-state index contributed by atoms with van der Waals surface area (Å²) in [6.07, 6.45) is 0. The molecule has 0 fully saturated rings. The largest absolute Gasteiger partial charge is 0.463 e. The molecule has 0 saturated heterocycles. The van der Waals surface area contributed by atoms with Crippen molar-refractivity contribution in [1.29, 1.82) is 0 Å². The van der Waals surface area contributed by atoms with Crippen molar-refractivity contribution in [3.8, 4) is 0 Å². The minimum Gasteiger partial charge on any atom is -0.463 e. The van der Waals surface area contributed by atoms with Gasteiger partial charge < -0.3 is 14.8 Å². The Morgan fingerprint density at radius 2 is 1.40 bits per heavy atom. The lowest BCUT2D eigenvalue weighted by Crippen LogP contribution is -2.32. The topological polar surface area (TPSA) is 64.6 Å². The molecule has 0 aliphatic carbocycles. The predicted octanol–water partition coefficient (Wildman–Crippen LogP) is 3.70. The van der Waals surface area contributed by atoms with E-state index in [0.717, 1.165) is 5.56 Å². The summed E-state index contributed by atoms with van der Waals surface area (Å²) in [5.41, 5.74) is 2.89. The van der Waals surface area contributed by atoms with Crippen LogP contribution >= 0.6 is 11.6 Å². The van der Waals surface area contributed by atoms with Crippen molar-refractivity contribution in [2.45, 2.75) is 33.6 Å². The molecule has 0 radical (unpaired) electrons. The Bertz CT molecular complexity index is 694. The van der Waals surface area contributed by atoms with E-state index in [9.17, 15) is 9.59 Å². The van der Waals surface area contributed by atoms with Gasteiger partial charge in [-0.1, -0.05) is 23.7 Å². The van der Waals surface area contributed by atoms with Gasteiger partial charge in [-0.15, -0.1) is 0 Å². The average molecular weight is 364 g/mol. The lowest BCUT2D eigenvalue weighted by molar-refractivity contribution is -0.139. The van der Waals surface area contributed by atoms with Crippen LogP contribution in [0.15, 0.2) is 46.8 Å². The second-order valence-corrected chi connectivity index (χ2v) is 6.06. The molecule has 2 rings (SSSR count). The third-order valence-corrected chi connectivity index (χ3v) is 4.21. The van der Waals surface area contributed by atoms with Crippen LogP contribution in [0.1, 0.15) is 39.2 Å². The van der Waals surface area contributed by atoms with Gasteiger partial charge in [-0.3, -0.25) is 0 Å². The fourth-order valence-corrected chi connectivity index (χ4v) is 3.07. The highest BCUT2D eigenvalue weighted by molar-refractivity contribution is 6.30. The number of ether oxygens (including phenoxy) is 2. The molecule has 1 heterocycles. The number of allylic oxidation sites excluding steroid dienone is 2. The van der Waals surface area contributed by atoms with E-state index in [1.165, 1.54) is 0 Å². The van der Waals surface area contributed by atoms with Crippen LogP contribution in [0.4, 0.5) is 0 Å². The first-order valence-electron chi connectivity index (χ1n) is 8.18. The van der Waals surface area contributed by atoms with Gasteiger partial charge in [0.15, 0.2) is 0 Å². The molecule has 0 unspecified atom stereocenters. The lowest BCUT2D eigenvalue weighted by Gasteiger charge is -2.30. The number of nitrogens with one attached hydrogen (secondary N) is 1. The second-order valence-electron chi connectivity index (χ2n) is 5.63. The molecular formula is C19H22ClNO4. The molecule has 1 N–H and O–H groups in total. The first-order valence-corrected chi connectivity index (χ1v) is 8.56. The molecule has 0 bridgehead atoms. The van der Waals surface area contributed by atoms with Gasteiger partial charge >= 0.3 is 11.9 Å². The van der Waals surface area contributed by atoms with Gasteiger partial charge in [0.1, 0.15) is 0 Å². The van der Waals surface area contributed by atoms with Crippen LogP contribution in [0.5, 0.6) is 0 Å². The molecule has 25 heavy (non-hydrogen) atoms.